The van der Waals surface area contributed by atoms with Crippen LogP contribution in [0.2, 0.25) is 0 Å². The highest BCUT2D eigenvalue weighted by atomic mass is 16.1. The molecule has 80 valence electrons. The second-order valence-electron chi connectivity index (χ2n) is 3.78. The van der Waals surface area contributed by atoms with Crippen LogP contribution < -0.4 is 16.4 Å². The number of primary amides is 1. The maximum atomic E-state index is 10.8. The van der Waals surface area contributed by atoms with Crippen molar-refractivity contribution in [2.24, 2.45) is 5.73 Å². The van der Waals surface area contributed by atoms with Crippen LogP contribution in [0.25, 0.3) is 0 Å². The maximum absolute atomic E-state index is 10.8. The third-order valence-electron chi connectivity index (χ3n) is 2.60. The predicted octanol–water partition coefficient (Wildman–Crippen LogP) is 0.559. The Morgan fingerprint density at radius 3 is 2.67 bits per heavy atom. The number of hydrogen-bond acceptors (Lipinski definition) is 3. The lowest BCUT2D eigenvalue weighted by Gasteiger charge is -2.12. The number of amides is 1. The Bertz CT molecular complexity index is 341. The molecule has 0 aliphatic carbocycles. The van der Waals surface area contributed by atoms with Gasteiger partial charge in [-0.2, -0.15) is 0 Å². The van der Waals surface area contributed by atoms with Crippen LogP contribution in [0.3, 0.4) is 0 Å². The number of benzene rings is 1. The summed E-state index contributed by atoms with van der Waals surface area (Å²) in [6.07, 6.45) is 1.14. The average molecular weight is 205 g/mol. The largest absolute Gasteiger partial charge is 0.381 e. The van der Waals surface area contributed by atoms with Gasteiger partial charge in [0.15, 0.2) is 0 Å². The molecule has 1 heterocycles. The van der Waals surface area contributed by atoms with Crippen LogP contribution in [0.4, 0.5) is 5.69 Å². The van der Waals surface area contributed by atoms with E-state index in [9.17, 15) is 4.79 Å². The summed E-state index contributed by atoms with van der Waals surface area (Å²) < 4.78 is 0. The van der Waals surface area contributed by atoms with E-state index in [1.165, 1.54) is 0 Å². The first-order chi connectivity index (χ1) is 7.25. The van der Waals surface area contributed by atoms with E-state index in [-0.39, 0.29) is 5.91 Å². The summed E-state index contributed by atoms with van der Waals surface area (Å²) in [5.41, 5.74) is 6.74. The van der Waals surface area contributed by atoms with Crippen LogP contribution in [0, 0.1) is 0 Å². The molecule has 4 heteroatoms. The fourth-order valence-electron chi connectivity index (χ4n) is 1.74. The molecule has 1 aromatic carbocycles. The van der Waals surface area contributed by atoms with Crippen molar-refractivity contribution < 1.29 is 4.79 Å². The van der Waals surface area contributed by atoms with Gasteiger partial charge in [-0.25, -0.2) is 0 Å². The van der Waals surface area contributed by atoms with Crippen molar-refractivity contribution in [3.05, 3.63) is 29.8 Å². The SMILES string of the molecule is NC(=O)c1ccc(N[C@H]2CCNC2)cc1. The topological polar surface area (TPSA) is 67.2 Å². The van der Waals surface area contributed by atoms with Crippen molar-refractivity contribution in [3.8, 4) is 0 Å². The molecule has 0 saturated carbocycles. The number of rotatable bonds is 3. The number of anilines is 1. The molecule has 4 nitrogen and oxygen atoms in total. The van der Waals surface area contributed by atoms with Crippen LogP contribution in [-0.4, -0.2) is 25.0 Å². The minimum absolute atomic E-state index is 0.385. The molecule has 15 heavy (non-hydrogen) atoms. The molecule has 0 unspecified atom stereocenters. The Hall–Kier alpha value is -1.55. The fraction of sp³-hybridized carbons (Fsp3) is 0.364. The highest BCUT2D eigenvalue weighted by Gasteiger charge is 2.13. The summed E-state index contributed by atoms with van der Waals surface area (Å²) in [5.74, 6) is -0.385. The molecule has 4 N–H and O–H groups in total. The van der Waals surface area contributed by atoms with Gasteiger partial charge in [0, 0.05) is 23.8 Å². The number of hydrogen-bond donors (Lipinski definition) is 3. The number of nitrogens with one attached hydrogen (secondary N) is 2. The van der Waals surface area contributed by atoms with Gasteiger partial charge < -0.3 is 16.4 Å². The maximum Gasteiger partial charge on any atom is 0.248 e. The fourth-order valence-corrected chi connectivity index (χ4v) is 1.74. The van der Waals surface area contributed by atoms with Gasteiger partial charge in [-0.1, -0.05) is 0 Å². The highest BCUT2D eigenvalue weighted by molar-refractivity contribution is 5.93. The molecule has 0 spiro atoms. The van der Waals surface area contributed by atoms with Gasteiger partial charge in [-0.15, -0.1) is 0 Å². The lowest BCUT2D eigenvalue weighted by molar-refractivity contribution is 0.100. The van der Waals surface area contributed by atoms with Crippen molar-refractivity contribution in [2.45, 2.75) is 12.5 Å². The summed E-state index contributed by atoms with van der Waals surface area (Å²) in [7, 11) is 0. The van der Waals surface area contributed by atoms with Crippen molar-refractivity contribution in [1.82, 2.24) is 5.32 Å². The summed E-state index contributed by atoms with van der Waals surface area (Å²) >= 11 is 0. The summed E-state index contributed by atoms with van der Waals surface area (Å²) in [6, 6.07) is 7.75. The van der Waals surface area contributed by atoms with E-state index in [1.54, 1.807) is 12.1 Å². The quantitative estimate of drug-likeness (QED) is 0.675. The Morgan fingerprint density at radius 1 is 1.40 bits per heavy atom. The summed E-state index contributed by atoms with van der Waals surface area (Å²) in [4.78, 5) is 10.8. The smallest absolute Gasteiger partial charge is 0.248 e. The molecule has 0 aromatic heterocycles. The first-order valence-corrected chi connectivity index (χ1v) is 5.13. The van der Waals surface area contributed by atoms with Gasteiger partial charge in [-0.3, -0.25) is 4.79 Å². The van der Waals surface area contributed by atoms with Crippen molar-refractivity contribution in [2.75, 3.05) is 18.4 Å². The molecule has 1 fully saturated rings. The summed E-state index contributed by atoms with van der Waals surface area (Å²) in [6.45, 7) is 2.06. The third kappa shape index (κ3) is 2.47. The van der Waals surface area contributed by atoms with E-state index in [1.807, 2.05) is 12.1 Å². The standard InChI is InChI=1S/C11H15N3O/c12-11(15)8-1-3-9(4-2-8)14-10-5-6-13-7-10/h1-4,10,13-14H,5-7H2,(H2,12,15)/t10-/m0/s1. The lowest BCUT2D eigenvalue weighted by Crippen LogP contribution is -2.22. The molecule has 1 aliphatic heterocycles. The first-order valence-electron chi connectivity index (χ1n) is 5.13. The van der Waals surface area contributed by atoms with Crippen LogP contribution in [0.5, 0.6) is 0 Å². The molecule has 0 radical (unpaired) electrons. The number of nitrogens with two attached hydrogens (primary N) is 1. The van der Waals surface area contributed by atoms with Crippen molar-refractivity contribution in [1.29, 1.82) is 0 Å². The predicted molar refractivity (Wildman–Crippen MR) is 59.9 cm³/mol. The van der Waals surface area contributed by atoms with Crippen LogP contribution >= 0.6 is 0 Å². The van der Waals surface area contributed by atoms with E-state index >= 15 is 0 Å². The Morgan fingerprint density at radius 2 is 2.13 bits per heavy atom. The zero-order chi connectivity index (χ0) is 10.7. The molecule has 1 aromatic rings. The molecule has 1 saturated heterocycles. The molecule has 0 bridgehead atoms. The van der Waals surface area contributed by atoms with Crippen molar-refractivity contribution in [3.63, 3.8) is 0 Å². The Labute approximate surface area is 88.9 Å². The molecule has 1 amide bonds. The Kier molecular flexibility index (Phi) is 2.87. The lowest BCUT2D eigenvalue weighted by atomic mass is 10.2. The van der Waals surface area contributed by atoms with E-state index in [0.717, 1.165) is 25.2 Å². The van der Waals surface area contributed by atoms with Gasteiger partial charge in [0.25, 0.3) is 0 Å². The zero-order valence-corrected chi connectivity index (χ0v) is 8.49. The highest BCUT2D eigenvalue weighted by Crippen LogP contribution is 2.12. The van der Waals surface area contributed by atoms with E-state index in [4.69, 9.17) is 5.73 Å². The monoisotopic (exact) mass is 205 g/mol. The third-order valence-corrected chi connectivity index (χ3v) is 2.60. The number of carbonyl (C=O) groups is 1. The van der Waals surface area contributed by atoms with Gasteiger partial charge >= 0.3 is 0 Å². The molecule has 1 atom stereocenters. The average Bonchev–Trinajstić information content (AvgIpc) is 2.71. The molecular weight excluding hydrogens is 190 g/mol. The molecule has 2 rings (SSSR count). The Balaban J connectivity index is 2.00. The second kappa shape index (κ2) is 4.31. The minimum atomic E-state index is -0.385. The van der Waals surface area contributed by atoms with Gasteiger partial charge in [0.05, 0.1) is 0 Å². The van der Waals surface area contributed by atoms with E-state index < -0.39 is 0 Å². The normalized spacial score (nSPS) is 20.1. The number of carbonyl (C=O) groups excluding carboxylic acids is 1. The molecule has 1 aliphatic rings. The van der Waals surface area contributed by atoms with Gasteiger partial charge in [-0.05, 0) is 37.2 Å². The minimum Gasteiger partial charge on any atom is -0.381 e. The zero-order valence-electron chi connectivity index (χ0n) is 8.49. The van der Waals surface area contributed by atoms with Crippen molar-refractivity contribution >= 4 is 11.6 Å². The van der Waals surface area contributed by atoms with Gasteiger partial charge in [0.1, 0.15) is 0 Å². The van der Waals surface area contributed by atoms with Crippen LogP contribution in [-0.2, 0) is 0 Å². The van der Waals surface area contributed by atoms with Crippen LogP contribution in [0.1, 0.15) is 16.8 Å². The first kappa shape index (κ1) is 9.98. The van der Waals surface area contributed by atoms with E-state index in [0.29, 0.717) is 11.6 Å². The second-order valence-corrected chi connectivity index (χ2v) is 3.78. The molecular formula is C11H15N3O. The summed E-state index contributed by atoms with van der Waals surface area (Å²) in [5, 5.41) is 6.68. The van der Waals surface area contributed by atoms with E-state index in [2.05, 4.69) is 10.6 Å². The van der Waals surface area contributed by atoms with Crippen LogP contribution in [0.15, 0.2) is 24.3 Å². The van der Waals surface area contributed by atoms with Gasteiger partial charge in [0.2, 0.25) is 5.91 Å².